The Morgan fingerprint density at radius 3 is 3.07 bits per heavy atom. The topological polar surface area (TPSA) is 44.6 Å². The minimum atomic E-state index is 0.197. The minimum absolute atomic E-state index is 0.197. The van der Waals surface area contributed by atoms with Crippen LogP contribution in [0.25, 0.3) is 0 Å². The number of halogens is 1. The van der Waals surface area contributed by atoms with Gasteiger partial charge in [0, 0.05) is 23.3 Å². The molecule has 0 heterocycles. The Kier molecular flexibility index (Phi) is 4.43. The molecule has 0 amide bonds. The fourth-order valence-electron chi connectivity index (χ4n) is 0.968. The minimum Gasteiger partial charge on any atom is -0.507 e. The van der Waals surface area contributed by atoms with E-state index >= 15 is 0 Å². The van der Waals surface area contributed by atoms with Crippen molar-refractivity contribution in [2.45, 2.75) is 0 Å². The van der Waals surface area contributed by atoms with Gasteiger partial charge in [-0.3, -0.25) is 4.99 Å². The maximum absolute atomic E-state index is 9.43. The number of likely N-dealkylation sites (N-methyl/N-ethyl adjacent to an activating group) is 1. The van der Waals surface area contributed by atoms with Crippen molar-refractivity contribution in [3.8, 4) is 5.75 Å². The Morgan fingerprint density at radius 1 is 1.57 bits per heavy atom. The van der Waals surface area contributed by atoms with Crippen LogP contribution >= 0.6 is 11.6 Å². The number of benzene rings is 1. The lowest BCUT2D eigenvalue weighted by Gasteiger charge is -1.98. The Labute approximate surface area is 88.4 Å². The Balaban J connectivity index is 2.65. The van der Waals surface area contributed by atoms with E-state index in [-0.39, 0.29) is 5.75 Å². The highest BCUT2D eigenvalue weighted by Crippen LogP contribution is 2.19. The fourth-order valence-corrected chi connectivity index (χ4v) is 1.15. The number of nitrogens with one attached hydrogen (secondary N) is 1. The van der Waals surface area contributed by atoms with Crippen LogP contribution in [0.3, 0.4) is 0 Å². The first-order valence-electron chi connectivity index (χ1n) is 4.37. The van der Waals surface area contributed by atoms with Crippen molar-refractivity contribution in [3.05, 3.63) is 28.8 Å². The lowest BCUT2D eigenvalue weighted by atomic mass is 10.2. The molecule has 0 fully saturated rings. The van der Waals surface area contributed by atoms with Crippen molar-refractivity contribution in [1.82, 2.24) is 5.32 Å². The molecular weight excluding hydrogens is 200 g/mol. The molecule has 0 aliphatic rings. The van der Waals surface area contributed by atoms with Gasteiger partial charge in [-0.25, -0.2) is 0 Å². The molecular formula is C10H13ClN2O. The van der Waals surface area contributed by atoms with Crippen molar-refractivity contribution in [3.63, 3.8) is 0 Å². The first-order chi connectivity index (χ1) is 6.74. The van der Waals surface area contributed by atoms with Crippen LogP contribution in [-0.2, 0) is 0 Å². The molecule has 0 saturated heterocycles. The van der Waals surface area contributed by atoms with Crippen LogP contribution in [0.5, 0.6) is 5.75 Å². The second-order valence-electron chi connectivity index (χ2n) is 2.84. The molecule has 3 nitrogen and oxygen atoms in total. The molecule has 0 bridgehead atoms. The van der Waals surface area contributed by atoms with Crippen molar-refractivity contribution in [1.29, 1.82) is 0 Å². The maximum atomic E-state index is 9.43. The van der Waals surface area contributed by atoms with Gasteiger partial charge in [0.05, 0.1) is 6.54 Å². The number of nitrogens with zero attached hydrogens (tertiary/aromatic N) is 1. The van der Waals surface area contributed by atoms with Crippen LogP contribution in [0.15, 0.2) is 23.2 Å². The summed E-state index contributed by atoms with van der Waals surface area (Å²) >= 11 is 5.77. The summed E-state index contributed by atoms with van der Waals surface area (Å²) in [7, 11) is 1.87. The highest BCUT2D eigenvalue weighted by molar-refractivity contribution is 6.30. The quantitative estimate of drug-likeness (QED) is 0.589. The third-order valence-corrected chi connectivity index (χ3v) is 1.95. The van der Waals surface area contributed by atoms with Crippen LogP contribution < -0.4 is 5.32 Å². The number of hydrogen-bond donors (Lipinski definition) is 2. The number of hydrogen-bond acceptors (Lipinski definition) is 3. The third-order valence-electron chi connectivity index (χ3n) is 1.71. The van der Waals surface area contributed by atoms with E-state index in [1.54, 1.807) is 24.4 Å². The van der Waals surface area contributed by atoms with E-state index in [0.29, 0.717) is 17.1 Å². The van der Waals surface area contributed by atoms with E-state index in [9.17, 15) is 5.11 Å². The molecule has 4 heteroatoms. The third kappa shape index (κ3) is 3.36. The summed E-state index contributed by atoms with van der Waals surface area (Å²) in [5.74, 6) is 0.197. The average molecular weight is 213 g/mol. The second-order valence-corrected chi connectivity index (χ2v) is 3.28. The van der Waals surface area contributed by atoms with Gasteiger partial charge in [0.2, 0.25) is 0 Å². The number of rotatable bonds is 4. The molecule has 0 aromatic heterocycles. The van der Waals surface area contributed by atoms with E-state index in [1.165, 1.54) is 0 Å². The van der Waals surface area contributed by atoms with Crippen LogP contribution in [0.2, 0.25) is 5.02 Å². The van der Waals surface area contributed by atoms with Gasteiger partial charge in [0.1, 0.15) is 5.75 Å². The summed E-state index contributed by atoms with van der Waals surface area (Å²) in [6, 6.07) is 4.88. The molecule has 0 unspecified atom stereocenters. The van der Waals surface area contributed by atoms with Crippen molar-refractivity contribution in [2.24, 2.45) is 4.99 Å². The lowest BCUT2D eigenvalue weighted by molar-refractivity contribution is 0.474. The van der Waals surface area contributed by atoms with Crippen LogP contribution in [0.1, 0.15) is 5.56 Å². The van der Waals surface area contributed by atoms with E-state index in [1.807, 2.05) is 7.05 Å². The largest absolute Gasteiger partial charge is 0.507 e. The fraction of sp³-hybridized carbons (Fsp3) is 0.300. The highest BCUT2D eigenvalue weighted by Gasteiger charge is 1.97. The number of phenolic OH excluding ortho intramolecular Hbond substituents is 1. The smallest absolute Gasteiger partial charge is 0.124 e. The summed E-state index contributed by atoms with van der Waals surface area (Å²) in [6.45, 7) is 1.50. The average Bonchev–Trinajstić information content (AvgIpc) is 2.18. The van der Waals surface area contributed by atoms with Crippen LogP contribution in [0, 0.1) is 0 Å². The Morgan fingerprint density at radius 2 is 2.36 bits per heavy atom. The lowest BCUT2D eigenvalue weighted by Crippen LogP contribution is -2.10. The van der Waals surface area contributed by atoms with E-state index in [0.717, 1.165) is 6.54 Å². The van der Waals surface area contributed by atoms with Gasteiger partial charge >= 0.3 is 0 Å². The van der Waals surface area contributed by atoms with Crippen LogP contribution in [0.4, 0.5) is 0 Å². The van der Waals surface area contributed by atoms with E-state index in [4.69, 9.17) is 11.6 Å². The van der Waals surface area contributed by atoms with Gasteiger partial charge in [-0.1, -0.05) is 11.6 Å². The molecule has 14 heavy (non-hydrogen) atoms. The SMILES string of the molecule is CNCCN=Cc1cc(Cl)ccc1O. The van der Waals surface area contributed by atoms with Crippen molar-refractivity contribution in [2.75, 3.05) is 20.1 Å². The zero-order valence-corrected chi connectivity index (χ0v) is 8.75. The molecule has 0 spiro atoms. The molecule has 0 radical (unpaired) electrons. The molecule has 1 rings (SSSR count). The van der Waals surface area contributed by atoms with E-state index < -0.39 is 0 Å². The molecule has 1 aromatic rings. The standard InChI is InChI=1S/C10H13ClN2O/c1-12-4-5-13-7-8-6-9(11)2-3-10(8)14/h2-3,6-7,12,14H,4-5H2,1H3. The number of aliphatic imine (C=N–C) groups is 1. The Hall–Kier alpha value is -1.06. The number of phenols is 1. The zero-order valence-electron chi connectivity index (χ0n) is 8.00. The van der Waals surface area contributed by atoms with E-state index in [2.05, 4.69) is 10.3 Å². The normalized spacial score (nSPS) is 11.0. The first kappa shape index (κ1) is 11.0. The van der Waals surface area contributed by atoms with Gasteiger partial charge < -0.3 is 10.4 Å². The molecule has 0 atom stereocenters. The summed E-state index contributed by atoms with van der Waals surface area (Å²) in [6.07, 6.45) is 1.62. The predicted molar refractivity (Wildman–Crippen MR) is 59.5 cm³/mol. The van der Waals surface area contributed by atoms with Gasteiger partial charge in [0.15, 0.2) is 0 Å². The molecule has 2 N–H and O–H groups in total. The van der Waals surface area contributed by atoms with Gasteiger partial charge in [-0.05, 0) is 25.2 Å². The number of aromatic hydroxyl groups is 1. The summed E-state index contributed by atoms with van der Waals surface area (Å²) in [4.78, 5) is 4.13. The maximum Gasteiger partial charge on any atom is 0.124 e. The van der Waals surface area contributed by atoms with Crippen molar-refractivity contribution >= 4 is 17.8 Å². The molecule has 0 saturated carbocycles. The highest BCUT2D eigenvalue weighted by atomic mass is 35.5. The molecule has 1 aromatic carbocycles. The summed E-state index contributed by atoms with van der Waals surface area (Å²) in [5.41, 5.74) is 0.647. The van der Waals surface area contributed by atoms with Crippen LogP contribution in [-0.4, -0.2) is 31.5 Å². The first-order valence-corrected chi connectivity index (χ1v) is 4.75. The van der Waals surface area contributed by atoms with Gasteiger partial charge in [-0.2, -0.15) is 0 Å². The predicted octanol–water partition coefficient (Wildman–Crippen LogP) is 1.68. The Bertz CT molecular complexity index is 326. The van der Waals surface area contributed by atoms with Gasteiger partial charge in [0.25, 0.3) is 0 Å². The van der Waals surface area contributed by atoms with Crippen molar-refractivity contribution < 1.29 is 5.11 Å². The molecule has 76 valence electrons. The van der Waals surface area contributed by atoms with Gasteiger partial charge in [-0.15, -0.1) is 0 Å². The zero-order chi connectivity index (χ0) is 10.4. The molecule has 0 aliphatic heterocycles. The monoisotopic (exact) mass is 212 g/mol. The second kappa shape index (κ2) is 5.62. The summed E-state index contributed by atoms with van der Waals surface area (Å²) in [5, 5.41) is 13.0. The summed E-state index contributed by atoms with van der Waals surface area (Å²) < 4.78 is 0. The molecule has 0 aliphatic carbocycles.